The third kappa shape index (κ3) is 2.95. The average Bonchev–Trinajstić information content (AvgIpc) is 2.72. The molecule has 4 nitrogen and oxygen atoms in total. The van der Waals surface area contributed by atoms with E-state index >= 15 is 0 Å². The largest absolute Gasteiger partial charge is 0.378 e. The van der Waals surface area contributed by atoms with Crippen molar-refractivity contribution in [3.05, 3.63) is 0 Å². The van der Waals surface area contributed by atoms with Crippen molar-refractivity contribution in [2.45, 2.75) is 26.3 Å². The highest BCUT2D eigenvalue weighted by molar-refractivity contribution is 6.28. The molecule has 1 amide bonds. The minimum Gasteiger partial charge on any atom is -0.378 e. The summed E-state index contributed by atoms with van der Waals surface area (Å²) in [7, 11) is 0. The molecule has 1 fully saturated rings. The SMILES string of the molecule is CCCN(C(C)=O)C1COCC1C(=O)CCl. The number of alkyl halides is 1. The molecular weight excluding hydrogens is 230 g/mol. The molecule has 1 saturated heterocycles. The topological polar surface area (TPSA) is 46.6 Å². The Hall–Kier alpha value is -0.610. The van der Waals surface area contributed by atoms with E-state index in [-0.39, 0.29) is 29.5 Å². The van der Waals surface area contributed by atoms with Gasteiger partial charge in [-0.15, -0.1) is 11.6 Å². The van der Waals surface area contributed by atoms with Crippen molar-refractivity contribution in [1.29, 1.82) is 0 Å². The molecule has 2 unspecified atom stereocenters. The van der Waals surface area contributed by atoms with Crippen LogP contribution in [-0.2, 0) is 14.3 Å². The van der Waals surface area contributed by atoms with Gasteiger partial charge < -0.3 is 9.64 Å². The first kappa shape index (κ1) is 13.5. The van der Waals surface area contributed by atoms with E-state index in [1.807, 2.05) is 6.92 Å². The van der Waals surface area contributed by atoms with Gasteiger partial charge in [0, 0.05) is 13.5 Å². The number of carbonyl (C=O) groups is 2. The first-order valence-electron chi connectivity index (χ1n) is 5.55. The molecule has 1 aliphatic rings. The second kappa shape index (κ2) is 6.21. The number of hydrogen-bond acceptors (Lipinski definition) is 3. The lowest BCUT2D eigenvalue weighted by molar-refractivity contribution is -0.133. The van der Waals surface area contributed by atoms with Crippen LogP contribution in [0.15, 0.2) is 0 Å². The molecule has 1 aliphatic heterocycles. The van der Waals surface area contributed by atoms with Crippen molar-refractivity contribution >= 4 is 23.3 Å². The Kier molecular flexibility index (Phi) is 5.22. The van der Waals surface area contributed by atoms with E-state index in [0.29, 0.717) is 19.8 Å². The van der Waals surface area contributed by atoms with Crippen LogP contribution in [0.4, 0.5) is 0 Å². The highest BCUT2D eigenvalue weighted by Gasteiger charge is 2.37. The highest BCUT2D eigenvalue weighted by atomic mass is 35.5. The fraction of sp³-hybridized carbons (Fsp3) is 0.818. The van der Waals surface area contributed by atoms with Crippen molar-refractivity contribution < 1.29 is 14.3 Å². The van der Waals surface area contributed by atoms with E-state index < -0.39 is 0 Å². The van der Waals surface area contributed by atoms with Crippen LogP contribution in [-0.4, -0.2) is 48.3 Å². The van der Waals surface area contributed by atoms with E-state index in [1.54, 1.807) is 4.90 Å². The molecule has 0 aromatic rings. The molecule has 0 saturated carbocycles. The number of ketones is 1. The third-order valence-corrected chi connectivity index (χ3v) is 3.13. The van der Waals surface area contributed by atoms with Crippen LogP contribution in [0, 0.1) is 5.92 Å². The molecule has 16 heavy (non-hydrogen) atoms. The number of hydrogen-bond donors (Lipinski definition) is 0. The zero-order chi connectivity index (χ0) is 12.1. The van der Waals surface area contributed by atoms with Gasteiger partial charge in [-0.05, 0) is 6.42 Å². The van der Waals surface area contributed by atoms with Crippen molar-refractivity contribution in [2.24, 2.45) is 5.92 Å². The standard InChI is InChI=1S/C11H18ClNO3/c1-3-4-13(8(2)14)10-7-16-6-9(10)11(15)5-12/h9-10H,3-7H2,1-2H3. The summed E-state index contributed by atoms with van der Waals surface area (Å²) in [5.74, 6) is -0.313. The Morgan fingerprint density at radius 3 is 2.62 bits per heavy atom. The zero-order valence-corrected chi connectivity index (χ0v) is 10.5. The number of nitrogens with zero attached hydrogens (tertiary/aromatic N) is 1. The molecule has 1 rings (SSSR count). The van der Waals surface area contributed by atoms with Crippen LogP contribution < -0.4 is 0 Å². The lowest BCUT2D eigenvalue weighted by Gasteiger charge is -2.29. The maximum atomic E-state index is 11.6. The van der Waals surface area contributed by atoms with Gasteiger partial charge in [0.1, 0.15) is 0 Å². The van der Waals surface area contributed by atoms with Crippen LogP contribution in [0.1, 0.15) is 20.3 Å². The van der Waals surface area contributed by atoms with Gasteiger partial charge in [-0.3, -0.25) is 9.59 Å². The summed E-state index contributed by atoms with van der Waals surface area (Å²) in [4.78, 5) is 24.8. The monoisotopic (exact) mass is 247 g/mol. The zero-order valence-electron chi connectivity index (χ0n) is 9.74. The van der Waals surface area contributed by atoms with Gasteiger partial charge in [0.25, 0.3) is 0 Å². The minimum atomic E-state index is -0.257. The first-order chi connectivity index (χ1) is 7.61. The van der Waals surface area contributed by atoms with Crippen molar-refractivity contribution in [3.63, 3.8) is 0 Å². The first-order valence-corrected chi connectivity index (χ1v) is 6.08. The van der Waals surface area contributed by atoms with Gasteiger partial charge in [-0.2, -0.15) is 0 Å². The van der Waals surface area contributed by atoms with Crippen LogP contribution in [0.25, 0.3) is 0 Å². The summed E-state index contributed by atoms with van der Waals surface area (Å²) < 4.78 is 5.30. The van der Waals surface area contributed by atoms with E-state index in [4.69, 9.17) is 16.3 Å². The number of ether oxygens (including phenoxy) is 1. The molecule has 0 radical (unpaired) electrons. The summed E-state index contributed by atoms with van der Waals surface area (Å²) in [5.41, 5.74) is 0. The lowest BCUT2D eigenvalue weighted by Crippen LogP contribution is -2.46. The lowest BCUT2D eigenvalue weighted by atomic mass is 9.97. The summed E-state index contributed by atoms with van der Waals surface area (Å²) in [6.07, 6.45) is 0.873. The predicted molar refractivity (Wildman–Crippen MR) is 61.5 cm³/mol. The maximum Gasteiger partial charge on any atom is 0.219 e. The quantitative estimate of drug-likeness (QED) is 0.683. The summed E-state index contributed by atoms with van der Waals surface area (Å²) >= 11 is 5.55. The number of rotatable bonds is 5. The van der Waals surface area contributed by atoms with Crippen molar-refractivity contribution in [2.75, 3.05) is 25.6 Å². The van der Waals surface area contributed by atoms with Gasteiger partial charge >= 0.3 is 0 Å². The molecule has 2 atom stereocenters. The van der Waals surface area contributed by atoms with E-state index in [9.17, 15) is 9.59 Å². The van der Waals surface area contributed by atoms with Crippen LogP contribution in [0.5, 0.6) is 0 Å². The van der Waals surface area contributed by atoms with Gasteiger partial charge in [-0.25, -0.2) is 0 Å². The number of carbonyl (C=O) groups excluding carboxylic acids is 2. The van der Waals surface area contributed by atoms with E-state index in [1.165, 1.54) is 6.92 Å². The van der Waals surface area contributed by atoms with Crippen molar-refractivity contribution in [3.8, 4) is 0 Å². The smallest absolute Gasteiger partial charge is 0.219 e. The van der Waals surface area contributed by atoms with Gasteiger partial charge in [-0.1, -0.05) is 6.92 Å². The van der Waals surface area contributed by atoms with Gasteiger partial charge in [0.15, 0.2) is 5.78 Å². The Morgan fingerprint density at radius 2 is 2.12 bits per heavy atom. The number of amides is 1. The second-order valence-electron chi connectivity index (χ2n) is 4.02. The van der Waals surface area contributed by atoms with Gasteiger partial charge in [0.2, 0.25) is 5.91 Å². The van der Waals surface area contributed by atoms with Crippen LogP contribution in [0.3, 0.4) is 0 Å². The fourth-order valence-corrected chi connectivity index (χ4v) is 2.25. The normalized spacial score (nSPS) is 24.4. The third-order valence-electron chi connectivity index (χ3n) is 2.87. The molecule has 5 heteroatoms. The maximum absolute atomic E-state index is 11.6. The van der Waals surface area contributed by atoms with Crippen LogP contribution in [0.2, 0.25) is 0 Å². The second-order valence-corrected chi connectivity index (χ2v) is 4.29. The Bertz CT molecular complexity index is 270. The van der Waals surface area contributed by atoms with E-state index in [0.717, 1.165) is 6.42 Å². The Labute approximate surface area is 101 Å². The van der Waals surface area contributed by atoms with Crippen molar-refractivity contribution in [1.82, 2.24) is 4.90 Å². The molecule has 0 bridgehead atoms. The Morgan fingerprint density at radius 1 is 1.44 bits per heavy atom. The van der Waals surface area contributed by atoms with Crippen LogP contribution >= 0.6 is 11.6 Å². The molecule has 0 aromatic carbocycles. The fourth-order valence-electron chi connectivity index (χ4n) is 2.05. The molecule has 1 heterocycles. The highest BCUT2D eigenvalue weighted by Crippen LogP contribution is 2.21. The molecule has 0 aliphatic carbocycles. The minimum absolute atomic E-state index is 0.00952. The number of halogens is 1. The molecule has 0 spiro atoms. The summed E-state index contributed by atoms with van der Waals surface area (Å²) in [6, 6.07) is -0.135. The summed E-state index contributed by atoms with van der Waals surface area (Å²) in [5, 5.41) is 0. The Balaban J connectivity index is 2.74. The molecular formula is C11H18ClNO3. The number of Topliss-reactive ketones (excluding diaryl/α,β-unsaturated/α-hetero) is 1. The average molecular weight is 248 g/mol. The summed E-state index contributed by atoms with van der Waals surface area (Å²) in [6.45, 7) is 5.01. The van der Waals surface area contributed by atoms with Gasteiger partial charge in [0.05, 0.1) is 31.1 Å². The molecule has 92 valence electrons. The predicted octanol–water partition coefficient (Wildman–Crippen LogP) is 1.07. The molecule has 0 aromatic heterocycles. The molecule has 0 N–H and O–H groups in total. The van der Waals surface area contributed by atoms with E-state index in [2.05, 4.69) is 0 Å².